The number of carbonyl (C=O) groups excluding carboxylic acids is 1. The molecule has 0 aliphatic carbocycles. The van der Waals surface area contributed by atoms with Crippen molar-refractivity contribution in [3.63, 3.8) is 0 Å². The van der Waals surface area contributed by atoms with Gasteiger partial charge in [0, 0.05) is 13.2 Å². The summed E-state index contributed by atoms with van der Waals surface area (Å²) in [5, 5.41) is 0. The minimum atomic E-state index is -3.68. The van der Waals surface area contributed by atoms with E-state index in [1.54, 1.807) is 6.92 Å². The minimum absolute atomic E-state index is 0.0646. The van der Waals surface area contributed by atoms with Gasteiger partial charge in [-0.3, -0.25) is 0 Å². The number of hydrogen-bond donors (Lipinski definition) is 1. The van der Waals surface area contributed by atoms with Gasteiger partial charge in [-0.05, 0) is 55.8 Å². The Labute approximate surface area is 165 Å². The summed E-state index contributed by atoms with van der Waals surface area (Å²) in [5.74, 6) is 0.165. The molecule has 2 rings (SSSR count). The van der Waals surface area contributed by atoms with Crippen molar-refractivity contribution in [2.75, 3.05) is 26.9 Å². The molecule has 152 valence electrons. The highest BCUT2D eigenvalue weighted by Crippen LogP contribution is 2.13. The molecule has 2 aromatic carbocycles. The number of methoxy groups -OCH3 is 1. The number of benzene rings is 2. The van der Waals surface area contributed by atoms with Crippen molar-refractivity contribution in [1.29, 1.82) is 0 Å². The number of aryl methyl sites for hydroxylation is 1. The average Bonchev–Trinajstić information content (AvgIpc) is 2.65. The molecule has 2 aromatic rings. The van der Waals surface area contributed by atoms with Crippen LogP contribution in [0.15, 0.2) is 53.4 Å². The molecule has 8 heteroatoms. The lowest BCUT2D eigenvalue weighted by molar-refractivity contribution is 0.0450. The van der Waals surface area contributed by atoms with E-state index in [0.717, 1.165) is 5.56 Å². The molecular weight excluding hydrogens is 382 g/mol. The van der Waals surface area contributed by atoms with Crippen molar-refractivity contribution in [2.45, 2.75) is 24.8 Å². The molecule has 0 aliphatic rings. The molecule has 0 aromatic heterocycles. The maximum Gasteiger partial charge on any atom is 0.338 e. The standard InChI is InChI=1S/C20H25NO6S/c1-15-5-4-6-18(13-15)26-11-12-27-20(22)17-7-9-19(10-8-17)28(23,24)21-16(2)14-25-3/h4-10,13,16,21H,11-12,14H2,1-3H3/t16-/m1/s1. The lowest BCUT2D eigenvalue weighted by atomic mass is 10.2. The maximum atomic E-state index is 12.3. The second-order valence-electron chi connectivity index (χ2n) is 6.30. The van der Waals surface area contributed by atoms with Gasteiger partial charge in [0.2, 0.25) is 10.0 Å². The van der Waals surface area contributed by atoms with Crippen LogP contribution in [0.25, 0.3) is 0 Å². The maximum absolute atomic E-state index is 12.3. The van der Waals surface area contributed by atoms with Gasteiger partial charge in [0.1, 0.15) is 19.0 Å². The predicted octanol–water partition coefficient (Wildman–Crippen LogP) is 2.54. The number of hydrogen-bond acceptors (Lipinski definition) is 6. The predicted molar refractivity (Wildman–Crippen MR) is 105 cm³/mol. The van der Waals surface area contributed by atoms with Gasteiger partial charge in [0.15, 0.2) is 0 Å². The normalized spacial score (nSPS) is 12.4. The Hall–Kier alpha value is -2.42. The summed E-state index contributed by atoms with van der Waals surface area (Å²) < 4.78 is 42.6. The zero-order valence-electron chi connectivity index (χ0n) is 16.2. The van der Waals surface area contributed by atoms with E-state index < -0.39 is 16.0 Å². The summed E-state index contributed by atoms with van der Waals surface area (Å²) in [6, 6.07) is 12.8. The summed E-state index contributed by atoms with van der Waals surface area (Å²) in [6.45, 7) is 4.23. The van der Waals surface area contributed by atoms with E-state index in [1.165, 1.54) is 31.4 Å². The smallest absolute Gasteiger partial charge is 0.338 e. The molecule has 0 fully saturated rings. The Morgan fingerprint density at radius 3 is 2.46 bits per heavy atom. The molecule has 28 heavy (non-hydrogen) atoms. The van der Waals surface area contributed by atoms with E-state index >= 15 is 0 Å². The van der Waals surface area contributed by atoms with Crippen molar-refractivity contribution < 1.29 is 27.4 Å². The zero-order valence-corrected chi connectivity index (χ0v) is 17.0. The molecule has 7 nitrogen and oxygen atoms in total. The first-order chi connectivity index (χ1) is 13.3. The van der Waals surface area contributed by atoms with Crippen LogP contribution in [0.5, 0.6) is 5.75 Å². The minimum Gasteiger partial charge on any atom is -0.490 e. The van der Waals surface area contributed by atoms with Crippen LogP contribution >= 0.6 is 0 Å². The van der Waals surface area contributed by atoms with Crippen LogP contribution in [0.2, 0.25) is 0 Å². The van der Waals surface area contributed by atoms with Crippen LogP contribution in [0.4, 0.5) is 0 Å². The van der Waals surface area contributed by atoms with Crippen LogP contribution < -0.4 is 9.46 Å². The highest BCUT2D eigenvalue weighted by atomic mass is 32.2. The highest BCUT2D eigenvalue weighted by molar-refractivity contribution is 7.89. The fourth-order valence-corrected chi connectivity index (χ4v) is 3.70. The third kappa shape index (κ3) is 6.63. The van der Waals surface area contributed by atoms with Crippen LogP contribution in [0.3, 0.4) is 0 Å². The summed E-state index contributed by atoms with van der Waals surface area (Å²) in [4.78, 5) is 12.1. The third-order valence-electron chi connectivity index (χ3n) is 3.75. The van der Waals surface area contributed by atoms with Crippen LogP contribution in [0, 0.1) is 6.92 Å². The third-order valence-corrected chi connectivity index (χ3v) is 5.35. The van der Waals surface area contributed by atoms with Crippen LogP contribution in [0.1, 0.15) is 22.8 Å². The van der Waals surface area contributed by atoms with Crippen molar-refractivity contribution in [3.8, 4) is 5.75 Å². The van der Waals surface area contributed by atoms with Gasteiger partial charge in [-0.1, -0.05) is 12.1 Å². The van der Waals surface area contributed by atoms with Crippen LogP contribution in [-0.2, 0) is 19.5 Å². The molecule has 0 saturated carbocycles. The molecule has 0 aliphatic heterocycles. The van der Waals surface area contributed by atoms with E-state index in [2.05, 4.69) is 4.72 Å². The number of nitrogens with one attached hydrogen (secondary N) is 1. The van der Waals surface area contributed by atoms with Gasteiger partial charge >= 0.3 is 5.97 Å². The van der Waals surface area contributed by atoms with Gasteiger partial charge in [0.05, 0.1) is 17.1 Å². The molecular formula is C20H25NO6S. The first-order valence-electron chi connectivity index (χ1n) is 8.80. The van der Waals surface area contributed by atoms with Crippen LogP contribution in [-0.4, -0.2) is 47.4 Å². The van der Waals surface area contributed by atoms with Gasteiger partial charge in [-0.15, -0.1) is 0 Å². The van der Waals surface area contributed by atoms with Crippen molar-refractivity contribution in [3.05, 3.63) is 59.7 Å². The summed E-state index contributed by atoms with van der Waals surface area (Å²) in [5.41, 5.74) is 1.34. The van der Waals surface area contributed by atoms with Gasteiger partial charge in [0.25, 0.3) is 0 Å². The number of carbonyl (C=O) groups is 1. The number of rotatable bonds is 10. The summed E-state index contributed by atoms with van der Waals surface area (Å²) in [6.07, 6.45) is 0. The largest absolute Gasteiger partial charge is 0.490 e. The van der Waals surface area contributed by atoms with E-state index in [4.69, 9.17) is 14.2 Å². The Morgan fingerprint density at radius 1 is 1.11 bits per heavy atom. The molecule has 0 bridgehead atoms. The summed E-state index contributed by atoms with van der Waals surface area (Å²) in [7, 11) is -2.18. The lowest BCUT2D eigenvalue weighted by Crippen LogP contribution is -2.35. The number of ether oxygens (including phenoxy) is 3. The molecule has 1 atom stereocenters. The van der Waals surface area contributed by atoms with Crippen molar-refractivity contribution in [1.82, 2.24) is 4.72 Å². The SMILES string of the molecule is COC[C@@H](C)NS(=O)(=O)c1ccc(C(=O)OCCOc2cccc(C)c2)cc1. The first-order valence-corrected chi connectivity index (χ1v) is 10.3. The fraction of sp³-hybridized carbons (Fsp3) is 0.350. The van der Waals surface area contributed by atoms with Crippen molar-refractivity contribution in [2.24, 2.45) is 0 Å². The molecule has 0 heterocycles. The van der Waals surface area contributed by atoms with E-state index in [1.807, 2.05) is 31.2 Å². The zero-order chi connectivity index (χ0) is 20.6. The first kappa shape index (κ1) is 21.9. The molecule has 0 saturated heterocycles. The van der Waals surface area contributed by atoms with Gasteiger partial charge in [-0.2, -0.15) is 0 Å². The Kier molecular flexibility index (Phi) is 7.98. The molecule has 1 N–H and O–H groups in total. The van der Waals surface area contributed by atoms with Gasteiger partial charge < -0.3 is 14.2 Å². The molecule has 0 amide bonds. The second-order valence-corrected chi connectivity index (χ2v) is 8.02. The number of esters is 1. The Balaban J connectivity index is 1.85. The Morgan fingerprint density at radius 2 is 1.82 bits per heavy atom. The Bertz CT molecular complexity index is 880. The summed E-state index contributed by atoms with van der Waals surface area (Å²) >= 11 is 0. The fourth-order valence-electron chi connectivity index (χ4n) is 2.47. The quantitative estimate of drug-likeness (QED) is 0.481. The van der Waals surface area contributed by atoms with Crippen molar-refractivity contribution >= 4 is 16.0 Å². The number of sulfonamides is 1. The molecule has 0 unspecified atom stereocenters. The molecule has 0 radical (unpaired) electrons. The lowest BCUT2D eigenvalue weighted by Gasteiger charge is -2.13. The monoisotopic (exact) mass is 407 g/mol. The van der Waals surface area contributed by atoms with E-state index in [0.29, 0.717) is 5.75 Å². The highest BCUT2D eigenvalue weighted by Gasteiger charge is 2.18. The van der Waals surface area contributed by atoms with E-state index in [9.17, 15) is 13.2 Å². The van der Waals surface area contributed by atoms with E-state index in [-0.39, 0.29) is 36.3 Å². The van der Waals surface area contributed by atoms with Gasteiger partial charge in [-0.25, -0.2) is 17.9 Å². The topological polar surface area (TPSA) is 90.9 Å². The average molecular weight is 407 g/mol. The molecule has 0 spiro atoms. The second kappa shape index (κ2) is 10.2.